The normalized spacial score (nSPS) is 15.8. The van der Waals surface area contributed by atoms with Crippen molar-refractivity contribution < 1.29 is 19.0 Å². The zero-order valence-corrected chi connectivity index (χ0v) is 16.6. The van der Waals surface area contributed by atoms with E-state index in [-0.39, 0.29) is 24.1 Å². The van der Waals surface area contributed by atoms with Crippen LogP contribution < -0.4 is 4.74 Å². The number of benzene rings is 2. The van der Waals surface area contributed by atoms with Gasteiger partial charge in [-0.05, 0) is 34.9 Å². The summed E-state index contributed by atoms with van der Waals surface area (Å²) in [6, 6.07) is 17.5. The van der Waals surface area contributed by atoms with Crippen LogP contribution in [0.15, 0.2) is 72.3 Å². The first kappa shape index (κ1) is 19.9. The van der Waals surface area contributed by atoms with Crippen molar-refractivity contribution in [1.29, 1.82) is 0 Å². The van der Waals surface area contributed by atoms with E-state index in [1.54, 1.807) is 7.11 Å². The summed E-state index contributed by atoms with van der Waals surface area (Å²) < 4.78 is 16.3. The standard InChI is InChI=1S/C24H26O4/c1-24(2)15-21(24)22(14-11-18-7-5-4-6-8-18)28-23(25)17-27-16-19-9-12-20(26-3)13-10-19/h4-15,22H,16-17H2,1-3H3/b14-11+. The largest absolute Gasteiger partial charge is 0.497 e. The highest BCUT2D eigenvalue weighted by Crippen LogP contribution is 2.46. The fraction of sp³-hybridized carbons (Fsp3) is 0.292. The lowest BCUT2D eigenvalue weighted by Crippen LogP contribution is -2.21. The quantitative estimate of drug-likeness (QED) is 0.464. The van der Waals surface area contributed by atoms with Crippen LogP contribution in [0.4, 0.5) is 0 Å². The van der Waals surface area contributed by atoms with Crippen LogP contribution in [0.5, 0.6) is 5.75 Å². The van der Waals surface area contributed by atoms with Crippen molar-refractivity contribution in [3.05, 3.63) is 83.4 Å². The Morgan fingerprint density at radius 1 is 1.07 bits per heavy atom. The highest BCUT2D eigenvalue weighted by molar-refractivity contribution is 5.72. The molecule has 0 saturated heterocycles. The monoisotopic (exact) mass is 378 g/mol. The summed E-state index contributed by atoms with van der Waals surface area (Å²) in [5, 5.41) is 0. The summed E-state index contributed by atoms with van der Waals surface area (Å²) in [6.07, 6.45) is 5.66. The van der Waals surface area contributed by atoms with E-state index >= 15 is 0 Å². The molecule has 0 aliphatic heterocycles. The SMILES string of the molecule is COc1ccc(COCC(=O)OC(/C=C/c2ccccc2)C2=CC2(C)C)cc1. The topological polar surface area (TPSA) is 44.8 Å². The maximum atomic E-state index is 12.3. The molecule has 3 rings (SSSR count). The molecule has 4 nitrogen and oxygen atoms in total. The molecule has 4 heteroatoms. The molecule has 1 aliphatic rings. The van der Waals surface area contributed by atoms with Gasteiger partial charge in [0.1, 0.15) is 18.5 Å². The Balaban J connectivity index is 1.52. The number of allylic oxidation sites excluding steroid dienone is 1. The van der Waals surface area contributed by atoms with Crippen molar-refractivity contribution in [1.82, 2.24) is 0 Å². The summed E-state index contributed by atoms with van der Waals surface area (Å²) in [7, 11) is 1.63. The molecule has 1 aliphatic carbocycles. The van der Waals surface area contributed by atoms with Crippen LogP contribution in [0.1, 0.15) is 25.0 Å². The molecule has 0 radical (unpaired) electrons. The van der Waals surface area contributed by atoms with Crippen LogP contribution in [0, 0.1) is 5.41 Å². The number of methoxy groups -OCH3 is 1. The number of carbonyl (C=O) groups excluding carboxylic acids is 1. The second-order valence-electron chi connectivity index (χ2n) is 7.34. The first-order chi connectivity index (χ1) is 13.5. The van der Waals surface area contributed by atoms with Crippen molar-refractivity contribution in [3.63, 3.8) is 0 Å². The molecular formula is C24H26O4. The van der Waals surface area contributed by atoms with Gasteiger partial charge in [-0.1, -0.05) is 68.5 Å². The minimum absolute atomic E-state index is 0.00404. The fourth-order valence-corrected chi connectivity index (χ4v) is 2.92. The number of rotatable bonds is 9. The van der Waals surface area contributed by atoms with Gasteiger partial charge in [-0.2, -0.15) is 0 Å². The van der Waals surface area contributed by atoms with E-state index in [1.807, 2.05) is 66.7 Å². The summed E-state index contributed by atoms with van der Waals surface area (Å²) in [5.41, 5.74) is 3.15. The van der Waals surface area contributed by atoms with E-state index in [4.69, 9.17) is 14.2 Å². The number of hydrogen-bond acceptors (Lipinski definition) is 4. The second kappa shape index (κ2) is 8.89. The van der Waals surface area contributed by atoms with E-state index in [0.29, 0.717) is 6.61 Å². The Hall–Kier alpha value is -2.85. The van der Waals surface area contributed by atoms with Crippen LogP contribution in [-0.4, -0.2) is 25.8 Å². The smallest absolute Gasteiger partial charge is 0.333 e. The van der Waals surface area contributed by atoms with Gasteiger partial charge >= 0.3 is 5.97 Å². The van der Waals surface area contributed by atoms with Crippen molar-refractivity contribution in [2.24, 2.45) is 5.41 Å². The Morgan fingerprint density at radius 3 is 2.36 bits per heavy atom. The summed E-state index contributed by atoms with van der Waals surface area (Å²) in [6.45, 7) is 4.48. The number of ether oxygens (including phenoxy) is 3. The molecule has 146 valence electrons. The molecule has 0 heterocycles. The molecule has 2 aromatic carbocycles. The Labute approximate surface area is 166 Å². The van der Waals surface area contributed by atoms with Gasteiger partial charge in [0.15, 0.2) is 0 Å². The number of carbonyl (C=O) groups is 1. The first-order valence-corrected chi connectivity index (χ1v) is 9.34. The van der Waals surface area contributed by atoms with Crippen molar-refractivity contribution in [3.8, 4) is 5.75 Å². The molecule has 0 saturated carbocycles. The van der Waals surface area contributed by atoms with Gasteiger partial charge in [0, 0.05) is 5.41 Å². The molecule has 28 heavy (non-hydrogen) atoms. The molecular weight excluding hydrogens is 352 g/mol. The maximum Gasteiger partial charge on any atom is 0.333 e. The van der Waals surface area contributed by atoms with E-state index in [9.17, 15) is 4.79 Å². The van der Waals surface area contributed by atoms with Gasteiger partial charge < -0.3 is 14.2 Å². The summed E-state index contributed by atoms with van der Waals surface area (Å²) >= 11 is 0. The van der Waals surface area contributed by atoms with Crippen LogP contribution in [0.3, 0.4) is 0 Å². The third kappa shape index (κ3) is 5.57. The van der Waals surface area contributed by atoms with Gasteiger partial charge in [-0.3, -0.25) is 0 Å². The van der Waals surface area contributed by atoms with Crippen molar-refractivity contribution in [2.75, 3.05) is 13.7 Å². The van der Waals surface area contributed by atoms with Crippen LogP contribution in [-0.2, 0) is 20.9 Å². The van der Waals surface area contributed by atoms with E-state index in [1.165, 1.54) is 0 Å². The zero-order chi connectivity index (χ0) is 20.0. The third-order valence-electron chi connectivity index (χ3n) is 4.65. The van der Waals surface area contributed by atoms with Gasteiger partial charge in [0.25, 0.3) is 0 Å². The van der Waals surface area contributed by atoms with Gasteiger partial charge in [-0.15, -0.1) is 0 Å². The van der Waals surface area contributed by atoms with E-state index < -0.39 is 0 Å². The second-order valence-corrected chi connectivity index (χ2v) is 7.34. The predicted octanol–water partition coefficient (Wildman–Crippen LogP) is 4.80. The minimum Gasteiger partial charge on any atom is -0.497 e. The number of esters is 1. The van der Waals surface area contributed by atoms with Gasteiger partial charge in [-0.25, -0.2) is 4.79 Å². The molecule has 0 spiro atoms. The van der Waals surface area contributed by atoms with E-state index in [2.05, 4.69) is 19.9 Å². The first-order valence-electron chi connectivity index (χ1n) is 9.34. The molecule has 0 fully saturated rings. The highest BCUT2D eigenvalue weighted by atomic mass is 16.6. The van der Waals surface area contributed by atoms with Crippen LogP contribution in [0.25, 0.3) is 6.08 Å². The number of hydrogen-bond donors (Lipinski definition) is 0. The fourth-order valence-electron chi connectivity index (χ4n) is 2.92. The zero-order valence-electron chi connectivity index (χ0n) is 16.6. The Morgan fingerprint density at radius 2 is 1.75 bits per heavy atom. The van der Waals surface area contributed by atoms with Crippen LogP contribution in [0.2, 0.25) is 0 Å². The summed E-state index contributed by atoms with van der Waals surface area (Å²) in [5.74, 6) is 0.413. The molecule has 1 atom stereocenters. The van der Waals surface area contributed by atoms with E-state index in [0.717, 1.165) is 22.4 Å². The van der Waals surface area contributed by atoms with Crippen molar-refractivity contribution >= 4 is 12.0 Å². The minimum atomic E-state index is -0.375. The Bertz CT molecular complexity index is 848. The molecule has 0 bridgehead atoms. The lowest BCUT2D eigenvalue weighted by atomic mass is 10.0. The lowest BCUT2D eigenvalue weighted by Gasteiger charge is -2.16. The highest BCUT2D eigenvalue weighted by Gasteiger charge is 2.39. The van der Waals surface area contributed by atoms with Gasteiger partial charge in [0.05, 0.1) is 13.7 Å². The molecule has 0 N–H and O–H groups in total. The predicted molar refractivity (Wildman–Crippen MR) is 110 cm³/mol. The molecule has 0 amide bonds. The maximum absolute atomic E-state index is 12.3. The van der Waals surface area contributed by atoms with Gasteiger partial charge in [0.2, 0.25) is 0 Å². The van der Waals surface area contributed by atoms with Crippen molar-refractivity contribution in [2.45, 2.75) is 26.6 Å². The third-order valence-corrected chi connectivity index (χ3v) is 4.65. The molecule has 0 aromatic heterocycles. The average Bonchev–Trinajstić information content (AvgIpc) is 3.34. The Kier molecular flexibility index (Phi) is 6.32. The average molecular weight is 378 g/mol. The summed E-state index contributed by atoms with van der Waals surface area (Å²) in [4.78, 5) is 12.3. The molecule has 1 unspecified atom stereocenters. The van der Waals surface area contributed by atoms with Crippen LogP contribution >= 0.6 is 0 Å². The lowest BCUT2D eigenvalue weighted by molar-refractivity contribution is -0.151. The molecule has 2 aromatic rings.